The van der Waals surface area contributed by atoms with E-state index in [0.29, 0.717) is 37.7 Å². The smallest absolute Gasteiger partial charge is 0.252 e. The summed E-state index contributed by atoms with van der Waals surface area (Å²) in [7, 11) is 0. The topological polar surface area (TPSA) is 73.9 Å². The molecule has 0 aliphatic carbocycles. The molecule has 2 N–H and O–H groups in total. The van der Waals surface area contributed by atoms with Gasteiger partial charge < -0.3 is 10.2 Å². The molecule has 6 nitrogen and oxygen atoms in total. The van der Waals surface area contributed by atoms with Crippen LogP contribution in [-0.4, -0.2) is 51.5 Å². The van der Waals surface area contributed by atoms with E-state index in [1.807, 2.05) is 30.3 Å². The highest BCUT2D eigenvalue weighted by molar-refractivity contribution is 5.77. The van der Waals surface area contributed by atoms with Gasteiger partial charge in [-0.1, -0.05) is 30.3 Å². The molecule has 3 heterocycles. The number of alkyl halides is 2. The van der Waals surface area contributed by atoms with Crippen molar-refractivity contribution in [2.24, 2.45) is 5.92 Å². The molecule has 2 aliphatic rings. The molecule has 2 aromatic rings. The number of hydrogen-bond acceptors (Lipinski definition) is 4. The fourth-order valence-corrected chi connectivity index (χ4v) is 4.14. The predicted molar refractivity (Wildman–Crippen MR) is 101 cm³/mol. The van der Waals surface area contributed by atoms with Crippen molar-refractivity contribution in [1.82, 2.24) is 25.4 Å². The van der Waals surface area contributed by atoms with Gasteiger partial charge in [0, 0.05) is 37.4 Å². The number of nitrogens with zero attached hydrogens (tertiary/aromatic N) is 3. The summed E-state index contributed by atoms with van der Waals surface area (Å²) in [6.07, 6.45) is 1.58. The Kier molecular flexibility index (Phi) is 5.39. The summed E-state index contributed by atoms with van der Waals surface area (Å²) in [6.45, 7) is 1.39. The lowest BCUT2D eigenvalue weighted by Gasteiger charge is -2.28. The molecule has 1 aromatic carbocycles. The van der Waals surface area contributed by atoms with E-state index in [4.69, 9.17) is 0 Å². The molecular formula is C20H25F2N5O. The summed E-state index contributed by atoms with van der Waals surface area (Å²) in [4.78, 5) is 19.1. The molecule has 0 saturated carbocycles. The molecule has 2 aliphatic heterocycles. The number of aromatic nitrogens is 3. The number of benzene rings is 1. The molecule has 0 bridgehead atoms. The minimum atomic E-state index is -2.80. The third kappa shape index (κ3) is 3.92. The van der Waals surface area contributed by atoms with Crippen LogP contribution in [-0.2, 0) is 4.79 Å². The summed E-state index contributed by atoms with van der Waals surface area (Å²) in [5.41, 5.74) is 0.895. The molecular weight excluding hydrogens is 364 g/mol. The van der Waals surface area contributed by atoms with Crippen molar-refractivity contribution in [3.05, 3.63) is 36.2 Å². The van der Waals surface area contributed by atoms with E-state index in [-0.39, 0.29) is 24.8 Å². The van der Waals surface area contributed by atoms with Crippen molar-refractivity contribution < 1.29 is 13.6 Å². The Hall–Kier alpha value is -2.35. The fourth-order valence-electron chi connectivity index (χ4n) is 4.14. The molecule has 150 valence electrons. The number of H-pyrrole nitrogens is 1. The number of aromatic amines is 1. The normalized spacial score (nSPS) is 24.9. The number of hydrogen-bond donors (Lipinski definition) is 2. The Bertz CT molecular complexity index is 810. The van der Waals surface area contributed by atoms with Crippen molar-refractivity contribution in [2.45, 2.75) is 44.1 Å². The van der Waals surface area contributed by atoms with Gasteiger partial charge in [-0.25, -0.2) is 13.8 Å². The van der Waals surface area contributed by atoms with E-state index in [1.165, 1.54) is 0 Å². The minimum Gasteiger partial charge on any atom is -0.332 e. The lowest BCUT2D eigenvalue weighted by molar-refractivity contribution is -0.138. The molecule has 2 fully saturated rings. The molecule has 2 unspecified atom stereocenters. The van der Waals surface area contributed by atoms with Crippen LogP contribution in [0.2, 0.25) is 0 Å². The Morgan fingerprint density at radius 3 is 2.86 bits per heavy atom. The zero-order valence-corrected chi connectivity index (χ0v) is 15.7. The summed E-state index contributed by atoms with van der Waals surface area (Å²) in [5, 5.41) is 10.2. The molecule has 2 atom stereocenters. The number of halogens is 2. The van der Waals surface area contributed by atoms with E-state index in [0.717, 1.165) is 18.4 Å². The van der Waals surface area contributed by atoms with Crippen LogP contribution in [0.15, 0.2) is 30.3 Å². The second-order valence-corrected chi connectivity index (χ2v) is 7.61. The summed E-state index contributed by atoms with van der Waals surface area (Å²) in [6, 6.07) is 9.37. The van der Waals surface area contributed by atoms with Gasteiger partial charge in [-0.05, 0) is 25.8 Å². The largest absolute Gasteiger partial charge is 0.332 e. The fraction of sp³-hybridized carbons (Fsp3) is 0.550. The number of likely N-dealkylation sites (tertiary alicyclic amines) is 1. The third-order valence-electron chi connectivity index (χ3n) is 5.75. The van der Waals surface area contributed by atoms with Crippen LogP contribution in [0.4, 0.5) is 8.78 Å². The summed E-state index contributed by atoms with van der Waals surface area (Å²) in [5.74, 6) is -2.73. The second-order valence-electron chi connectivity index (χ2n) is 7.61. The van der Waals surface area contributed by atoms with Gasteiger partial charge in [0.05, 0.1) is 6.04 Å². The lowest BCUT2D eigenvalue weighted by Crippen LogP contribution is -2.37. The van der Waals surface area contributed by atoms with E-state index >= 15 is 0 Å². The molecule has 4 rings (SSSR count). The number of rotatable bonds is 4. The predicted octanol–water partition coefficient (Wildman–Crippen LogP) is 3.16. The Morgan fingerprint density at radius 1 is 1.21 bits per heavy atom. The average Bonchev–Trinajstić information content (AvgIpc) is 3.33. The first-order valence-electron chi connectivity index (χ1n) is 9.90. The van der Waals surface area contributed by atoms with Crippen molar-refractivity contribution in [3.8, 4) is 11.4 Å². The van der Waals surface area contributed by atoms with Gasteiger partial charge >= 0.3 is 0 Å². The summed E-state index contributed by atoms with van der Waals surface area (Å²) < 4.78 is 28.7. The molecule has 1 amide bonds. The molecule has 0 radical (unpaired) electrons. The monoisotopic (exact) mass is 389 g/mol. The van der Waals surface area contributed by atoms with E-state index in [1.54, 1.807) is 4.90 Å². The molecule has 8 heteroatoms. The Balaban J connectivity index is 1.47. The molecule has 0 spiro atoms. The van der Waals surface area contributed by atoms with E-state index in [2.05, 4.69) is 20.5 Å². The summed E-state index contributed by atoms with van der Waals surface area (Å²) >= 11 is 0. The first-order chi connectivity index (χ1) is 13.5. The van der Waals surface area contributed by atoms with Gasteiger partial charge in [0.1, 0.15) is 5.82 Å². The maximum atomic E-state index is 14.3. The first-order valence-corrected chi connectivity index (χ1v) is 9.90. The zero-order chi connectivity index (χ0) is 19.6. The maximum Gasteiger partial charge on any atom is 0.252 e. The zero-order valence-electron chi connectivity index (χ0n) is 15.7. The minimum absolute atomic E-state index is 0.120. The highest BCUT2D eigenvalue weighted by Crippen LogP contribution is 2.37. The molecule has 1 aromatic heterocycles. The van der Waals surface area contributed by atoms with Crippen LogP contribution in [0.1, 0.15) is 44.0 Å². The highest BCUT2D eigenvalue weighted by atomic mass is 19.3. The van der Waals surface area contributed by atoms with Crippen LogP contribution >= 0.6 is 0 Å². The molecule has 2 saturated heterocycles. The van der Waals surface area contributed by atoms with Gasteiger partial charge in [0.25, 0.3) is 5.92 Å². The van der Waals surface area contributed by atoms with E-state index in [9.17, 15) is 13.6 Å². The van der Waals surface area contributed by atoms with Crippen molar-refractivity contribution in [3.63, 3.8) is 0 Å². The standard InChI is InChI=1S/C20H25F2N5O/c21-20(22)9-11-23-10-8-15(20)13-17(28)27-12-4-7-16(27)19-24-18(25-26-19)14-5-2-1-3-6-14/h1-3,5-6,15-16,23H,4,7-13H2,(H,24,25,26). The number of carbonyl (C=O) groups excluding carboxylic acids is 1. The Morgan fingerprint density at radius 2 is 2.04 bits per heavy atom. The van der Waals surface area contributed by atoms with Crippen LogP contribution < -0.4 is 5.32 Å². The number of nitrogens with one attached hydrogen (secondary N) is 2. The van der Waals surface area contributed by atoms with Crippen molar-refractivity contribution >= 4 is 5.91 Å². The average molecular weight is 389 g/mol. The van der Waals surface area contributed by atoms with Gasteiger partial charge in [-0.15, -0.1) is 0 Å². The second kappa shape index (κ2) is 7.95. The Labute approximate surface area is 162 Å². The quantitative estimate of drug-likeness (QED) is 0.842. The van der Waals surface area contributed by atoms with Crippen LogP contribution in [0.3, 0.4) is 0 Å². The SMILES string of the molecule is O=C(CC1CCNCCC1(F)F)N1CCCC1c1nc(-c2ccccc2)n[nH]1. The van der Waals surface area contributed by atoms with Crippen LogP contribution in [0, 0.1) is 5.92 Å². The van der Waals surface area contributed by atoms with Gasteiger partial charge in [0.2, 0.25) is 5.91 Å². The van der Waals surface area contributed by atoms with Gasteiger partial charge in [-0.2, -0.15) is 5.10 Å². The van der Waals surface area contributed by atoms with Crippen molar-refractivity contribution in [1.29, 1.82) is 0 Å². The highest BCUT2D eigenvalue weighted by Gasteiger charge is 2.43. The van der Waals surface area contributed by atoms with Crippen LogP contribution in [0.25, 0.3) is 11.4 Å². The van der Waals surface area contributed by atoms with Crippen molar-refractivity contribution in [2.75, 3.05) is 19.6 Å². The van der Waals surface area contributed by atoms with Gasteiger partial charge in [-0.3, -0.25) is 9.89 Å². The maximum absolute atomic E-state index is 14.3. The van der Waals surface area contributed by atoms with Gasteiger partial charge in [0.15, 0.2) is 5.82 Å². The number of amides is 1. The molecule has 28 heavy (non-hydrogen) atoms. The first kappa shape index (κ1) is 19.0. The van der Waals surface area contributed by atoms with Crippen LogP contribution in [0.5, 0.6) is 0 Å². The third-order valence-corrected chi connectivity index (χ3v) is 5.75. The lowest BCUT2D eigenvalue weighted by atomic mass is 9.92. The number of carbonyl (C=O) groups is 1. The van der Waals surface area contributed by atoms with E-state index < -0.39 is 11.8 Å².